The normalized spacial score (nSPS) is 26.5. The summed E-state index contributed by atoms with van der Waals surface area (Å²) < 4.78 is 5.87. The molecular weight excluding hydrogens is 396 g/mol. The van der Waals surface area contributed by atoms with Gasteiger partial charge in [-0.05, 0) is 31.4 Å². The molecule has 2 aliphatic heterocycles. The third kappa shape index (κ3) is 4.41. The summed E-state index contributed by atoms with van der Waals surface area (Å²) in [6.07, 6.45) is 5.61. The van der Waals surface area contributed by atoms with Crippen LogP contribution in [0.15, 0.2) is 34.7 Å². The van der Waals surface area contributed by atoms with E-state index in [0.717, 1.165) is 18.4 Å². The molecule has 0 bridgehead atoms. The van der Waals surface area contributed by atoms with Crippen LogP contribution < -0.4 is 16.0 Å². The minimum absolute atomic E-state index is 0.0206. The molecule has 31 heavy (non-hydrogen) atoms. The SMILES string of the molecule is O=C(NC1CCCC1)N[C@H]1C[C@H]2C(=O)NC[C@@H](Cc3nnc(-c4ccccc4)o3)N2C1. The molecule has 9 nitrogen and oxygen atoms in total. The molecule has 3 N–H and O–H groups in total. The van der Waals surface area contributed by atoms with Gasteiger partial charge in [0.05, 0.1) is 6.04 Å². The van der Waals surface area contributed by atoms with Gasteiger partial charge in [-0.15, -0.1) is 10.2 Å². The van der Waals surface area contributed by atoms with Gasteiger partial charge in [0.15, 0.2) is 0 Å². The van der Waals surface area contributed by atoms with Gasteiger partial charge in [-0.2, -0.15) is 0 Å². The lowest BCUT2D eigenvalue weighted by molar-refractivity contribution is -0.129. The number of rotatable bonds is 5. The molecule has 1 aliphatic carbocycles. The fourth-order valence-electron chi connectivity index (χ4n) is 4.99. The monoisotopic (exact) mass is 424 g/mol. The Morgan fingerprint density at radius 1 is 1.13 bits per heavy atom. The van der Waals surface area contributed by atoms with Gasteiger partial charge in [0, 0.05) is 43.2 Å². The summed E-state index contributed by atoms with van der Waals surface area (Å²) in [4.78, 5) is 27.0. The first-order valence-corrected chi connectivity index (χ1v) is 11.1. The molecule has 0 unspecified atom stereocenters. The van der Waals surface area contributed by atoms with Crippen molar-refractivity contribution in [3.05, 3.63) is 36.2 Å². The molecule has 2 aromatic rings. The minimum atomic E-state index is -0.243. The van der Waals surface area contributed by atoms with E-state index in [-0.39, 0.29) is 36.1 Å². The van der Waals surface area contributed by atoms with E-state index in [9.17, 15) is 9.59 Å². The van der Waals surface area contributed by atoms with Crippen molar-refractivity contribution in [2.24, 2.45) is 0 Å². The van der Waals surface area contributed by atoms with E-state index in [1.165, 1.54) is 12.8 Å². The van der Waals surface area contributed by atoms with Crippen LogP contribution in [0.5, 0.6) is 0 Å². The number of aromatic nitrogens is 2. The predicted molar refractivity (Wildman–Crippen MR) is 113 cm³/mol. The molecule has 9 heteroatoms. The maximum Gasteiger partial charge on any atom is 0.315 e. The van der Waals surface area contributed by atoms with E-state index in [2.05, 4.69) is 31.0 Å². The number of piperazine rings is 1. The Morgan fingerprint density at radius 2 is 1.90 bits per heavy atom. The van der Waals surface area contributed by atoms with Crippen LogP contribution in [-0.2, 0) is 11.2 Å². The molecule has 5 rings (SSSR count). The molecule has 3 aliphatic rings. The second kappa shape index (κ2) is 8.66. The number of amides is 3. The number of carbonyl (C=O) groups is 2. The fourth-order valence-corrected chi connectivity index (χ4v) is 4.99. The summed E-state index contributed by atoms with van der Waals surface area (Å²) in [6.45, 7) is 1.17. The molecule has 3 fully saturated rings. The number of benzene rings is 1. The van der Waals surface area contributed by atoms with Crippen molar-refractivity contribution in [2.75, 3.05) is 13.1 Å². The lowest BCUT2D eigenvalue weighted by Gasteiger charge is -2.36. The van der Waals surface area contributed by atoms with Crippen LogP contribution in [0, 0.1) is 0 Å². The number of nitrogens with zero attached hydrogens (tertiary/aromatic N) is 3. The van der Waals surface area contributed by atoms with Crippen molar-refractivity contribution in [1.29, 1.82) is 0 Å². The van der Waals surface area contributed by atoms with E-state index in [1.807, 2.05) is 30.3 Å². The molecule has 2 saturated heterocycles. The molecule has 3 heterocycles. The quantitative estimate of drug-likeness (QED) is 0.670. The van der Waals surface area contributed by atoms with Crippen LogP contribution in [0.1, 0.15) is 38.0 Å². The molecular formula is C22H28N6O3. The largest absolute Gasteiger partial charge is 0.421 e. The zero-order valence-electron chi connectivity index (χ0n) is 17.4. The molecule has 0 radical (unpaired) electrons. The molecule has 164 valence electrons. The van der Waals surface area contributed by atoms with Gasteiger partial charge in [0.2, 0.25) is 17.7 Å². The first-order chi connectivity index (χ1) is 15.2. The summed E-state index contributed by atoms with van der Waals surface area (Å²) >= 11 is 0. The van der Waals surface area contributed by atoms with Gasteiger partial charge in [-0.1, -0.05) is 31.0 Å². The zero-order valence-corrected chi connectivity index (χ0v) is 17.4. The standard InChI is InChI=1S/C22H28N6O3/c29-20-18-10-16(25-22(30)24-15-8-4-5-9-15)13-28(18)17(12-23-20)11-19-26-27-21(31-19)14-6-2-1-3-7-14/h1-3,6-7,15-18H,4-5,8-13H2,(H,23,29)(H2,24,25,30)/t16-,17+,18-/m0/s1. The maximum absolute atomic E-state index is 12.4. The van der Waals surface area contributed by atoms with E-state index >= 15 is 0 Å². The first-order valence-electron chi connectivity index (χ1n) is 11.1. The summed E-state index contributed by atoms with van der Waals surface area (Å²) in [7, 11) is 0. The van der Waals surface area contributed by atoms with Gasteiger partial charge >= 0.3 is 6.03 Å². The topological polar surface area (TPSA) is 112 Å². The highest BCUT2D eigenvalue weighted by Gasteiger charge is 2.44. The van der Waals surface area contributed by atoms with E-state index in [0.29, 0.717) is 37.7 Å². The highest BCUT2D eigenvalue weighted by atomic mass is 16.4. The molecule has 1 aromatic carbocycles. The maximum atomic E-state index is 12.4. The highest BCUT2D eigenvalue weighted by molar-refractivity contribution is 5.83. The average Bonchev–Trinajstić information content (AvgIpc) is 3.52. The second-order valence-corrected chi connectivity index (χ2v) is 8.71. The van der Waals surface area contributed by atoms with Crippen molar-refractivity contribution in [2.45, 2.75) is 62.7 Å². The zero-order chi connectivity index (χ0) is 21.2. The summed E-state index contributed by atoms with van der Waals surface area (Å²) in [5.41, 5.74) is 0.884. The van der Waals surface area contributed by atoms with Crippen LogP contribution in [0.3, 0.4) is 0 Å². The Bertz CT molecular complexity index is 926. The third-order valence-electron chi connectivity index (χ3n) is 6.55. The third-order valence-corrected chi connectivity index (χ3v) is 6.55. The van der Waals surface area contributed by atoms with Crippen molar-refractivity contribution < 1.29 is 14.0 Å². The van der Waals surface area contributed by atoms with Crippen molar-refractivity contribution >= 4 is 11.9 Å². The second-order valence-electron chi connectivity index (χ2n) is 8.71. The van der Waals surface area contributed by atoms with Gasteiger partial charge in [-0.3, -0.25) is 9.69 Å². The number of hydrogen-bond acceptors (Lipinski definition) is 6. The van der Waals surface area contributed by atoms with Gasteiger partial charge < -0.3 is 20.4 Å². The van der Waals surface area contributed by atoms with E-state index in [4.69, 9.17) is 4.42 Å². The fraction of sp³-hybridized carbons (Fsp3) is 0.545. The smallest absolute Gasteiger partial charge is 0.315 e. The van der Waals surface area contributed by atoms with Gasteiger partial charge in [0.25, 0.3) is 0 Å². The first kappa shape index (κ1) is 20.0. The lowest BCUT2D eigenvalue weighted by atomic mass is 10.1. The highest BCUT2D eigenvalue weighted by Crippen LogP contribution is 2.26. The molecule has 1 saturated carbocycles. The predicted octanol–water partition coefficient (Wildman–Crippen LogP) is 1.46. The lowest BCUT2D eigenvalue weighted by Crippen LogP contribution is -2.58. The van der Waals surface area contributed by atoms with Crippen LogP contribution in [0.4, 0.5) is 4.79 Å². The van der Waals surface area contributed by atoms with Crippen molar-refractivity contribution in [3.63, 3.8) is 0 Å². The van der Waals surface area contributed by atoms with Crippen LogP contribution in [0.2, 0.25) is 0 Å². The van der Waals surface area contributed by atoms with Crippen molar-refractivity contribution in [1.82, 2.24) is 31.0 Å². The number of carbonyl (C=O) groups excluding carboxylic acids is 2. The summed E-state index contributed by atoms with van der Waals surface area (Å²) in [5.74, 6) is 1.07. The van der Waals surface area contributed by atoms with Gasteiger partial charge in [0.1, 0.15) is 0 Å². The Kier molecular flexibility index (Phi) is 5.59. The molecule has 3 amide bonds. The van der Waals surface area contributed by atoms with Crippen LogP contribution in [0.25, 0.3) is 11.5 Å². The number of urea groups is 1. The summed E-state index contributed by atoms with van der Waals surface area (Å²) in [6, 6.07) is 9.57. The van der Waals surface area contributed by atoms with Crippen LogP contribution >= 0.6 is 0 Å². The van der Waals surface area contributed by atoms with E-state index < -0.39 is 0 Å². The van der Waals surface area contributed by atoms with E-state index in [1.54, 1.807) is 0 Å². The Hall–Kier alpha value is -2.94. The molecule has 1 aromatic heterocycles. The average molecular weight is 425 g/mol. The Balaban J connectivity index is 1.21. The minimum Gasteiger partial charge on any atom is -0.421 e. The van der Waals surface area contributed by atoms with Crippen LogP contribution in [-0.4, -0.2) is 64.3 Å². The Morgan fingerprint density at radius 3 is 2.71 bits per heavy atom. The number of hydrogen-bond donors (Lipinski definition) is 3. The molecule has 0 spiro atoms. The Labute approximate surface area is 181 Å². The molecule has 3 atom stereocenters. The van der Waals surface area contributed by atoms with Gasteiger partial charge in [-0.25, -0.2) is 4.79 Å². The summed E-state index contributed by atoms with van der Waals surface area (Å²) in [5, 5.41) is 17.5. The number of nitrogens with one attached hydrogen (secondary N) is 3. The van der Waals surface area contributed by atoms with Crippen molar-refractivity contribution in [3.8, 4) is 11.5 Å². The number of fused-ring (bicyclic) bond motifs is 1.